The zero-order chi connectivity index (χ0) is 13.8. The van der Waals surface area contributed by atoms with E-state index in [1.54, 1.807) is 0 Å². The highest BCUT2D eigenvalue weighted by atomic mass is 79.9. The van der Waals surface area contributed by atoms with Gasteiger partial charge in [0.15, 0.2) is 0 Å². The van der Waals surface area contributed by atoms with Crippen molar-refractivity contribution in [2.45, 2.75) is 19.5 Å². The highest BCUT2D eigenvalue weighted by Crippen LogP contribution is 2.18. The Morgan fingerprint density at radius 1 is 1.16 bits per heavy atom. The van der Waals surface area contributed by atoms with E-state index >= 15 is 0 Å². The number of hydrogen-bond donors (Lipinski definition) is 1. The van der Waals surface area contributed by atoms with E-state index in [-0.39, 0.29) is 12.6 Å². The molecule has 0 bridgehead atoms. The van der Waals surface area contributed by atoms with Gasteiger partial charge in [-0.2, -0.15) is 0 Å². The molecule has 1 nitrogen and oxygen atoms in total. The van der Waals surface area contributed by atoms with E-state index in [9.17, 15) is 8.78 Å². The topological polar surface area (TPSA) is 12.0 Å². The van der Waals surface area contributed by atoms with Crippen LogP contribution in [0.3, 0.4) is 0 Å². The summed E-state index contributed by atoms with van der Waals surface area (Å²) < 4.78 is 27.5. The molecular weight excluding hydrogens is 312 g/mol. The predicted octanol–water partition coefficient (Wildman–Crippen LogP) is 4.58. The van der Waals surface area contributed by atoms with Gasteiger partial charge in [0.2, 0.25) is 0 Å². The molecule has 100 valence electrons. The molecule has 0 saturated carbocycles. The predicted molar refractivity (Wildman–Crippen MR) is 75.8 cm³/mol. The number of benzene rings is 2. The van der Waals surface area contributed by atoms with Crippen LogP contribution in [0, 0.1) is 11.6 Å². The number of hydrogen-bond acceptors (Lipinski definition) is 1. The van der Waals surface area contributed by atoms with Crippen molar-refractivity contribution < 1.29 is 8.78 Å². The molecule has 0 aliphatic carbocycles. The lowest BCUT2D eigenvalue weighted by Gasteiger charge is -2.15. The number of halogens is 3. The second kappa shape index (κ2) is 6.26. The van der Waals surface area contributed by atoms with Crippen molar-refractivity contribution in [1.82, 2.24) is 5.32 Å². The van der Waals surface area contributed by atoms with Crippen molar-refractivity contribution >= 4 is 15.9 Å². The zero-order valence-electron chi connectivity index (χ0n) is 10.5. The lowest BCUT2D eigenvalue weighted by molar-refractivity contribution is 0.535. The molecule has 0 aromatic heterocycles. The van der Waals surface area contributed by atoms with Crippen molar-refractivity contribution in [2.75, 3.05) is 0 Å². The second-order valence-electron chi connectivity index (χ2n) is 4.39. The quantitative estimate of drug-likeness (QED) is 0.867. The van der Waals surface area contributed by atoms with Crippen LogP contribution in [0.1, 0.15) is 24.1 Å². The molecule has 4 heteroatoms. The molecule has 2 aromatic carbocycles. The summed E-state index contributed by atoms with van der Waals surface area (Å²) in [5.41, 5.74) is 1.42. The van der Waals surface area contributed by atoms with Gasteiger partial charge < -0.3 is 5.32 Å². The summed E-state index contributed by atoms with van der Waals surface area (Å²) in [6.07, 6.45) is 0. The van der Waals surface area contributed by atoms with Crippen molar-refractivity contribution in [3.63, 3.8) is 0 Å². The van der Waals surface area contributed by atoms with Gasteiger partial charge in [-0.3, -0.25) is 0 Å². The highest BCUT2D eigenvalue weighted by Gasteiger charge is 2.08. The fourth-order valence-corrected chi connectivity index (χ4v) is 2.25. The first kappa shape index (κ1) is 14.2. The van der Waals surface area contributed by atoms with Crippen LogP contribution in [0.4, 0.5) is 8.78 Å². The SMILES string of the molecule is CC(NCc1cc(F)ccc1F)c1cccc(Br)c1. The Balaban J connectivity index is 2.04. The van der Waals surface area contributed by atoms with Gasteiger partial charge in [-0.15, -0.1) is 0 Å². The normalized spacial score (nSPS) is 12.4. The van der Waals surface area contributed by atoms with Gasteiger partial charge in [-0.1, -0.05) is 28.1 Å². The standard InChI is InChI=1S/C15H14BrF2N/c1-10(11-3-2-4-13(16)7-11)19-9-12-8-14(17)5-6-15(12)18/h2-8,10,19H,9H2,1H3. The van der Waals surface area contributed by atoms with E-state index in [1.165, 1.54) is 6.07 Å². The van der Waals surface area contributed by atoms with E-state index in [0.29, 0.717) is 5.56 Å². The summed E-state index contributed by atoms with van der Waals surface area (Å²) in [5.74, 6) is -0.816. The third-order valence-corrected chi connectivity index (χ3v) is 3.45. The first-order chi connectivity index (χ1) is 9.06. The third-order valence-electron chi connectivity index (χ3n) is 2.96. The summed E-state index contributed by atoms with van der Waals surface area (Å²) in [7, 11) is 0. The Morgan fingerprint density at radius 2 is 1.95 bits per heavy atom. The van der Waals surface area contributed by atoms with Gasteiger partial charge in [-0.25, -0.2) is 8.78 Å². The lowest BCUT2D eigenvalue weighted by Crippen LogP contribution is -2.18. The van der Waals surface area contributed by atoms with Gasteiger partial charge in [-0.05, 0) is 42.8 Å². The molecular formula is C15H14BrF2N. The molecule has 2 rings (SSSR count). The Morgan fingerprint density at radius 3 is 2.68 bits per heavy atom. The molecule has 0 heterocycles. The fourth-order valence-electron chi connectivity index (χ4n) is 1.84. The lowest BCUT2D eigenvalue weighted by atomic mass is 10.1. The molecule has 1 atom stereocenters. The molecule has 0 radical (unpaired) electrons. The van der Waals surface area contributed by atoms with Crippen LogP contribution in [0.5, 0.6) is 0 Å². The van der Waals surface area contributed by atoms with Crippen LogP contribution in [-0.2, 0) is 6.54 Å². The Kier molecular flexibility index (Phi) is 4.66. The van der Waals surface area contributed by atoms with E-state index in [1.807, 2.05) is 31.2 Å². The largest absolute Gasteiger partial charge is 0.306 e. The van der Waals surface area contributed by atoms with Crippen LogP contribution < -0.4 is 5.32 Å². The van der Waals surface area contributed by atoms with Crippen molar-refractivity contribution in [3.05, 3.63) is 69.7 Å². The van der Waals surface area contributed by atoms with Crippen molar-refractivity contribution in [3.8, 4) is 0 Å². The summed E-state index contributed by atoms with van der Waals surface area (Å²) in [6.45, 7) is 2.27. The van der Waals surface area contributed by atoms with E-state index in [2.05, 4.69) is 21.2 Å². The second-order valence-corrected chi connectivity index (χ2v) is 5.31. The maximum atomic E-state index is 13.5. The summed E-state index contributed by atoms with van der Waals surface area (Å²) in [5, 5.41) is 3.18. The number of rotatable bonds is 4. The van der Waals surface area contributed by atoms with Crippen LogP contribution in [-0.4, -0.2) is 0 Å². The molecule has 0 aliphatic rings. The molecule has 1 unspecified atom stereocenters. The van der Waals surface area contributed by atoms with Gasteiger partial charge in [0, 0.05) is 22.6 Å². The van der Waals surface area contributed by atoms with E-state index < -0.39 is 11.6 Å². The van der Waals surface area contributed by atoms with Gasteiger partial charge in [0.25, 0.3) is 0 Å². The maximum Gasteiger partial charge on any atom is 0.127 e. The van der Waals surface area contributed by atoms with Crippen LogP contribution in [0.25, 0.3) is 0 Å². The molecule has 0 fully saturated rings. The summed E-state index contributed by atoms with van der Waals surface area (Å²) in [6, 6.07) is 11.4. The van der Waals surface area contributed by atoms with Gasteiger partial charge >= 0.3 is 0 Å². The number of nitrogens with one attached hydrogen (secondary N) is 1. The Bertz CT molecular complexity index is 572. The highest BCUT2D eigenvalue weighted by molar-refractivity contribution is 9.10. The molecule has 1 N–H and O–H groups in total. The first-order valence-corrected chi connectivity index (χ1v) is 6.78. The minimum absolute atomic E-state index is 0.0557. The minimum atomic E-state index is -0.423. The molecule has 0 aliphatic heterocycles. The third kappa shape index (κ3) is 3.85. The van der Waals surface area contributed by atoms with Gasteiger partial charge in [0.05, 0.1) is 0 Å². The average molecular weight is 326 g/mol. The molecule has 0 saturated heterocycles. The molecule has 0 spiro atoms. The summed E-state index contributed by atoms with van der Waals surface area (Å²) in [4.78, 5) is 0. The van der Waals surface area contributed by atoms with Crippen LogP contribution in [0.15, 0.2) is 46.9 Å². The average Bonchev–Trinajstić information content (AvgIpc) is 2.39. The fraction of sp³-hybridized carbons (Fsp3) is 0.200. The first-order valence-electron chi connectivity index (χ1n) is 5.99. The Labute approximate surface area is 119 Å². The van der Waals surface area contributed by atoms with Crippen molar-refractivity contribution in [2.24, 2.45) is 0 Å². The Hall–Kier alpha value is -1.26. The molecule has 19 heavy (non-hydrogen) atoms. The van der Waals surface area contributed by atoms with Crippen molar-refractivity contribution in [1.29, 1.82) is 0 Å². The van der Waals surface area contributed by atoms with E-state index in [0.717, 1.165) is 22.2 Å². The van der Waals surface area contributed by atoms with E-state index in [4.69, 9.17) is 0 Å². The van der Waals surface area contributed by atoms with Gasteiger partial charge in [0.1, 0.15) is 11.6 Å². The van der Waals surface area contributed by atoms with Crippen LogP contribution >= 0.6 is 15.9 Å². The summed E-state index contributed by atoms with van der Waals surface area (Å²) >= 11 is 3.41. The zero-order valence-corrected chi connectivity index (χ0v) is 12.0. The van der Waals surface area contributed by atoms with Crippen LogP contribution in [0.2, 0.25) is 0 Å². The molecule has 2 aromatic rings. The minimum Gasteiger partial charge on any atom is -0.306 e. The molecule has 0 amide bonds. The smallest absolute Gasteiger partial charge is 0.127 e. The monoisotopic (exact) mass is 325 g/mol. The maximum absolute atomic E-state index is 13.5.